The molecule has 2 saturated heterocycles. The van der Waals surface area contributed by atoms with Gasteiger partial charge < -0.3 is 19.3 Å². The fraction of sp³-hybridized carbons (Fsp3) is 0.667. The highest BCUT2D eigenvalue weighted by atomic mass is 16.5. The molecule has 0 spiro atoms. The van der Waals surface area contributed by atoms with E-state index >= 15 is 0 Å². The minimum absolute atomic E-state index is 0.227. The number of piperidine rings is 2. The molecule has 5 heteroatoms. The Morgan fingerprint density at radius 2 is 1.81 bits per heavy atom. The smallest absolute Gasteiger partial charge is 0.226 e. The summed E-state index contributed by atoms with van der Waals surface area (Å²) in [5.41, 5.74) is 1.21. The average molecular weight is 362 g/mol. The van der Waals surface area contributed by atoms with Gasteiger partial charge in [-0.15, -0.1) is 0 Å². The monoisotopic (exact) mass is 361 g/mol. The summed E-state index contributed by atoms with van der Waals surface area (Å²) < 4.78 is 10.8. The lowest BCUT2D eigenvalue weighted by Gasteiger charge is -2.35. The number of carbonyl (C=O) groups excluding carboxylic acids is 1. The van der Waals surface area contributed by atoms with Crippen molar-refractivity contribution >= 4 is 5.91 Å². The summed E-state index contributed by atoms with van der Waals surface area (Å²) in [6.07, 6.45) is 4.32. The summed E-state index contributed by atoms with van der Waals surface area (Å²) in [4.78, 5) is 16.4. The van der Waals surface area contributed by atoms with Gasteiger partial charge in [0.1, 0.15) is 18.0 Å². The third-order valence-corrected chi connectivity index (χ3v) is 6.07. The molecule has 0 radical (unpaired) electrons. The first-order chi connectivity index (χ1) is 12.6. The number of likely N-dealkylation sites (tertiary alicyclic amines) is 2. The zero-order valence-electron chi connectivity index (χ0n) is 16.4. The van der Waals surface area contributed by atoms with Crippen LogP contribution in [0.15, 0.2) is 18.2 Å². The van der Waals surface area contributed by atoms with E-state index < -0.39 is 0 Å². The Kier molecular flexibility index (Phi) is 6.41. The fourth-order valence-electron chi connectivity index (χ4n) is 4.20. The van der Waals surface area contributed by atoms with E-state index in [0.717, 1.165) is 75.8 Å². The van der Waals surface area contributed by atoms with Crippen molar-refractivity contribution in [2.24, 2.45) is 11.8 Å². The Hall–Kier alpha value is -1.75. The predicted octanol–water partition coefficient (Wildman–Crippen LogP) is 1.76. The molecule has 1 N–H and O–H groups in total. The van der Waals surface area contributed by atoms with Crippen molar-refractivity contribution in [3.8, 4) is 11.5 Å². The van der Waals surface area contributed by atoms with Crippen LogP contribution in [0.2, 0.25) is 0 Å². The van der Waals surface area contributed by atoms with Gasteiger partial charge in [0.25, 0.3) is 0 Å². The molecule has 2 aliphatic heterocycles. The third kappa shape index (κ3) is 4.50. The molecule has 3 rings (SSSR count). The lowest BCUT2D eigenvalue weighted by Crippen LogP contribution is -3.11. The molecule has 26 heavy (non-hydrogen) atoms. The van der Waals surface area contributed by atoms with Gasteiger partial charge in [0.15, 0.2) is 0 Å². The maximum atomic E-state index is 12.8. The Morgan fingerprint density at radius 3 is 2.42 bits per heavy atom. The molecule has 2 heterocycles. The van der Waals surface area contributed by atoms with Crippen LogP contribution in [0.5, 0.6) is 11.5 Å². The minimum Gasteiger partial charge on any atom is -0.497 e. The van der Waals surface area contributed by atoms with Crippen molar-refractivity contribution < 1.29 is 19.2 Å². The highest BCUT2D eigenvalue weighted by Gasteiger charge is 2.32. The summed E-state index contributed by atoms with van der Waals surface area (Å²) in [7, 11) is 3.38. The number of ether oxygens (including phenoxy) is 2. The van der Waals surface area contributed by atoms with E-state index in [2.05, 4.69) is 17.9 Å². The van der Waals surface area contributed by atoms with E-state index in [0.29, 0.717) is 5.91 Å². The van der Waals surface area contributed by atoms with Gasteiger partial charge in [-0.05, 0) is 30.9 Å². The van der Waals surface area contributed by atoms with Gasteiger partial charge in [0.05, 0.1) is 27.3 Å². The number of amides is 1. The van der Waals surface area contributed by atoms with E-state index in [9.17, 15) is 4.79 Å². The highest BCUT2D eigenvalue weighted by Crippen LogP contribution is 2.24. The number of quaternary nitrogens is 1. The quantitative estimate of drug-likeness (QED) is 0.869. The second-order valence-corrected chi connectivity index (χ2v) is 7.89. The van der Waals surface area contributed by atoms with Gasteiger partial charge in [-0.3, -0.25) is 4.79 Å². The number of hydrogen-bond donors (Lipinski definition) is 1. The van der Waals surface area contributed by atoms with Crippen LogP contribution in [0.25, 0.3) is 0 Å². The first-order valence-corrected chi connectivity index (χ1v) is 9.94. The lowest BCUT2D eigenvalue weighted by molar-refractivity contribution is -0.919. The van der Waals surface area contributed by atoms with Crippen LogP contribution in [-0.2, 0) is 11.3 Å². The molecule has 144 valence electrons. The summed E-state index contributed by atoms with van der Waals surface area (Å²) in [5, 5.41) is 0. The van der Waals surface area contributed by atoms with Crippen molar-refractivity contribution in [3.63, 3.8) is 0 Å². The predicted molar refractivity (Wildman–Crippen MR) is 102 cm³/mol. The fourth-order valence-corrected chi connectivity index (χ4v) is 4.20. The van der Waals surface area contributed by atoms with E-state index in [1.165, 1.54) is 10.5 Å². The summed E-state index contributed by atoms with van der Waals surface area (Å²) in [6, 6.07) is 6.03. The molecule has 1 amide bonds. The summed E-state index contributed by atoms with van der Waals surface area (Å²) in [5.74, 6) is 3.10. The highest BCUT2D eigenvalue weighted by molar-refractivity contribution is 5.79. The molecule has 0 unspecified atom stereocenters. The van der Waals surface area contributed by atoms with Crippen LogP contribution in [0.4, 0.5) is 0 Å². The second kappa shape index (κ2) is 8.76. The zero-order valence-corrected chi connectivity index (χ0v) is 16.4. The first kappa shape index (κ1) is 19.0. The van der Waals surface area contributed by atoms with Crippen LogP contribution in [-0.4, -0.2) is 51.2 Å². The Morgan fingerprint density at radius 1 is 1.12 bits per heavy atom. The lowest BCUT2D eigenvalue weighted by atomic mass is 9.92. The molecule has 0 saturated carbocycles. The van der Waals surface area contributed by atoms with Crippen LogP contribution in [0, 0.1) is 11.8 Å². The number of nitrogens with zero attached hydrogens (tertiary/aromatic N) is 1. The van der Waals surface area contributed by atoms with Crippen molar-refractivity contribution in [3.05, 3.63) is 23.8 Å². The van der Waals surface area contributed by atoms with Crippen LogP contribution in [0.3, 0.4) is 0 Å². The normalized spacial score (nSPS) is 24.3. The number of methoxy groups -OCH3 is 2. The number of carbonyl (C=O) groups is 1. The van der Waals surface area contributed by atoms with Crippen molar-refractivity contribution in [2.75, 3.05) is 40.4 Å². The maximum absolute atomic E-state index is 12.8. The molecule has 0 atom stereocenters. The van der Waals surface area contributed by atoms with Crippen LogP contribution < -0.4 is 14.4 Å². The number of hydrogen-bond acceptors (Lipinski definition) is 3. The van der Waals surface area contributed by atoms with E-state index in [1.54, 1.807) is 14.2 Å². The molecule has 2 aliphatic rings. The molecule has 0 aliphatic carbocycles. The second-order valence-electron chi connectivity index (χ2n) is 7.89. The first-order valence-electron chi connectivity index (χ1n) is 9.94. The van der Waals surface area contributed by atoms with E-state index in [4.69, 9.17) is 9.47 Å². The minimum atomic E-state index is 0.227. The summed E-state index contributed by atoms with van der Waals surface area (Å²) in [6.45, 7) is 7.24. The molecule has 0 bridgehead atoms. The standard InChI is InChI=1S/C21H32N2O3/c1-16-6-12-23(13-7-16)21(24)17-8-10-22(11-9-17)15-18-4-5-19(25-2)14-20(18)26-3/h4-5,14,16-17H,6-13,15H2,1-3H3/p+1. The SMILES string of the molecule is COc1ccc(C[NH+]2CCC(C(=O)N3CCC(C)CC3)CC2)c(OC)c1. The molecule has 0 aromatic heterocycles. The van der Waals surface area contributed by atoms with Gasteiger partial charge in [-0.2, -0.15) is 0 Å². The van der Waals surface area contributed by atoms with Crippen LogP contribution in [0.1, 0.15) is 38.2 Å². The zero-order chi connectivity index (χ0) is 18.5. The van der Waals surface area contributed by atoms with Gasteiger partial charge in [0.2, 0.25) is 5.91 Å². The van der Waals surface area contributed by atoms with Gasteiger partial charge in [-0.25, -0.2) is 0 Å². The third-order valence-electron chi connectivity index (χ3n) is 6.07. The van der Waals surface area contributed by atoms with Crippen LogP contribution >= 0.6 is 0 Å². The topological polar surface area (TPSA) is 43.2 Å². The molecular weight excluding hydrogens is 328 g/mol. The molecule has 5 nitrogen and oxygen atoms in total. The number of rotatable bonds is 5. The summed E-state index contributed by atoms with van der Waals surface area (Å²) >= 11 is 0. The largest absolute Gasteiger partial charge is 0.497 e. The van der Waals surface area contributed by atoms with Gasteiger partial charge >= 0.3 is 0 Å². The maximum Gasteiger partial charge on any atom is 0.226 e. The molecule has 2 fully saturated rings. The van der Waals surface area contributed by atoms with Gasteiger partial charge in [-0.1, -0.05) is 6.92 Å². The van der Waals surface area contributed by atoms with E-state index in [-0.39, 0.29) is 5.92 Å². The van der Waals surface area contributed by atoms with Gasteiger partial charge in [0, 0.05) is 43.5 Å². The molecule has 1 aromatic rings. The number of nitrogens with one attached hydrogen (secondary N) is 1. The molecular formula is C21H33N2O3+. The Labute approximate surface area is 157 Å². The Bertz CT molecular complexity index is 603. The van der Waals surface area contributed by atoms with Crippen molar-refractivity contribution in [1.29, 1.82) is 0 Å². The average Bonchev–Trinajstić information content (AvgIpc) is 2.69. The number of benzene rings is 1. The molecule has 1 aromatic carbocycles. The van der Waals surface area contributed by atoms with Crippen molar-refractivity contribution in [2.45, 2.75) is 39.2 Å². The van der Waals surface area contributed by atoms with E-state index in [1.807, 2.05) is 12.1 Å². The Balaban J connectivity index is 1.52. The van der Waals surface area contributed by atoms with Crippen molar-refractivity contribution in [1.82, 2.24) is 4.90 Å².